The van der Waals surface area contributed by atoms with E-state index in [1.165, 1.54) is 0 Å². The van der Waals surface area contributed by atoms with Crippen molar-refractivity contribution >= 4 is 38.5 Å². The van der Waals surface area contributed by atoms with Crippen molar-refractivity contribution in [3.05, 3.63) is 109 Å². The number of anilines is 1. The molecule has 0 N–H and O–H groups in total. The number of fused-ring (bicyclic) bond motifs is 2. The molecule has 5 heteroatoms. The maximum Gasteiger partial charge on any atom is 0.295 e. The summed E-state index contributed by atoms with van der Waals surface area (Å²) in [4.78, 5) is 28.7. The van der Waals surface area contributed by atoms with Crippen molar-refractivity contribution in [1.82, 2.24) is 0 Å². The van der Waals surface area contributed by atoms with Crippen LogP contribution in [0.4, 0.5) is 5.69 Å². The summed E-state index contributed by atoms with van der Waals surface area (Å²) in [6.45, 7) is 3.94. The third-order valence-corrected chi connectivity index (χ3v) is 6.00. The number of amides is 1. The summed E-state index contributed by atoms with van der Waals surface area (Å²) >= 11 is 3.48. The Labute approximate surface area is 181 Å². The van der Waals surface area contributed by atoms with Crippen molar-refractivity contribution in [2.45, 2.75) is 19.9 Å². The summed E-state index contributed by atoms with van der Waals surface area (Å²) in [6.07, 6.45) is 0. The largest absolute Gasteiger partial charge is 0.450 e. The first-order valence-electron chi connectivity index (χ1n) is 9.67. The number of hydrogen-bond donors (Lipinski definition) is 0. The molecule has 0 radical (unpaired) electrons. The number of benzene rings is 3. The van der Waals surface area contributed by atoms with Crippen molar-refractivity contribution in [2.24, 2.45) is 0 Å². The second kappa shape index (κ2) is 6.96. The molecule has 4 aromatic rings. The molecule has 1 amide bonds. The molecule has 4 nitrogen and oxygen atoms in total. The Bertz CT molecular complexity index is 1370. The summed E-state index contributed by atoms with van der Waals surface area (Å²) in [6, 6.07) is 20.3. The van der Waals surface area contributed by atoms with E-state index in [-0.39, 0.29) is 17.1 Å². The van der Waals surface area contributed by atoms with Crippen molar-refractivity contribution in [1.29, 1.82) is 0 Å². The zero-order valence-corrected chi connectivity index (χ0v) is 18.1. The van der Waals surface area contributed by atoms with Crippen molar-refractivity contribution in [3.8, 4) is 0 Å². The SMILES string of the molecule is Cc1ccc(C2c3c(oc4ccc(C)cc4c3=O)C(=O)N2c2cccc(Br)c2)cc1. The van der Waals surface area contributed by atoms with Crippen LogP contribution in [0.1, 0.15) is 38.9 Å². The summed E-state index contributed by atoms with van der Waals surface area (Å²) in [5.41, 5.74) is 4.30. The van der Waals surface area contributed by atoms with E-state index in [4.69, 9.17) is 4.42 Å². The molecule has 148 valence electrons. The molecule has 1 aliphatic heterocycles. The monoisotopic (exact) mass is 459 g/mol. The van der Waals surface area contributed by atoms with Gasteiger partial charge in [-0.1, -0.05) is 63.5 Å². The number of halogens is 1. The van der Waals surface area contributed by atoms with Gasteiger partial charge < -0.3 is 4.42 Å². The highest BCUT2D eigenvalue weighted by molar-refractivity contribution is 9.10. The van der Waals surface area contributed by atoms with Gasteiger partial charge in [-0.05, 0) is 49.7 Å². The van der Waals surface area contributed by atoms with Crippen LogP contribution in [-0.4, -0.2) is 5.91 Å². The topological polar surface area (TPSA) is 50.5 Å². The number of carbonyl (C=O) groups excluding carboxylic acids is 1. The van der Waals surface area contributed by atoms with E-state index in [2.05, 4.69) is 15.9 Å². The standard InChI is InChI=1S/C25H18BrNO3/c1-14-6-9-16(10-7-14)22-21-23(28)19-12-15(2)8-11-20(19)30-24(21)25(29)27(22)18-5-3-4-17(26)13-18/h3-13,22H,1-2H3. The van der Waals surface area contributed by atoms with Crippen LogP contribution in [0.25, 0.3) is 11.0 Å². The summed E-state index contributed by atoms with van der Waals surface area (Å²) in [5.74, 6) is -0.199. The fourth-order valence-corrected chi connectivity index (χ4v) is 4.43. The number of rotatable bonds is 2. The maximum absolute atomic E-state index is 13.6. The predicted octanol–water partition coefficient (Wildman–Crippen LogP) is 5.92. The van der Waals surface area contributed by atoms with Crippen molar-refractivity contribution in [3.63, 3.8) is 0 Å². The van der Waals surface area contributed by atoms with Gasteiger partial charge in [-0.3, -0.25) is 14.5 Å². The predicted molar refractivity (Wildman–Crippen MR) is 121 cm³/mol. The lowest BCUT2D eigenvalue weighted by molar-refractivity contribution is 0.0971. The number of aryl methyl sites for hydroxylation is 2. The van der Waals surface area contributed by atoms with Gasteiger partial charge in [0.2, 0.25) is 5.76 Å². The van der Waals surface area contributed by atoms with E-state index < -0.39 is 6.04 Å². The Hall–Kier alpha value is -3.18. The summed E-state index contributed by atoms with van der Waals surface area (Å²) in [5, 5.41) is 0.495. The van der Waals surface area contributed by atoms with Crippen molar-refractivity contribution < 1.29 is 9.21 Å². The van der Waals surface area contributed by atoms with Crippen LogP contribution in [-0.2, 0) is 0 Å². The smallest absolute Gasteiger partial charge is 0.295 e. The first kappa shape index (κ1) is 18.8. The molecular formula is C25H18BrNO3. The van der Waals surface area contributed by atoms with E-state index in [0.717, 1.165) is 21.2 Å². The minimum Gasteiger partial charge on any atom is -0.450 e. The molecular weight excluding hydrogens is 442 g/mol. The zero-order valence-electron chi connectivity index (χ0n) is 16.5. The van der Waals surface area contributed by atoms with Crippen LogP contribution in [0.15, 0.2) is 80.4 Å². The van der Waals surface area contributed by atoms with Gasteiger partial charge >= 0.3 is 0 Å². The van der Waals surface area contributed by atoms with Gasteiger partial charge in [0.15, 0.2) is 5.43 Å². The summed E-state index contributed by atoms with van der Waals surface area (Å²) in [7, 11) is 0. The van der Waals surface area contributed by atoms with Crippen LogP contribution in [0.3, 0.4) is 0 Å². The molecule has 1 unspecified atom stereocenters. The van der Waals surface area contributed by atoms with Gasteiger partial charge in [0.25, 0.3) is 5.91 Å². The number of hydrogen-bond acceptors (Lipinski definition) is 3. The van der Waals surface area contributed by atoms with Crippen LogP contribution in [0, 0.1) is 13.8 Å². The quantitative estimate of drug-likeness (QED) is 0.373. The van der Waals surface area contributed by atoms with Crippen LogP contribution >= 0.6 is 15.9 Å². The van der Waals surface area contributed by atoms with E-state index in [9.17, 15) is 9.59 Å². The van der Waals surface area contributed by atoms with Gasteiger partial charge in [0.05, 0.1) is 17.0 Å². The Kier molecular flexibility index (Phi) is 4.36. The average molecular weight is 460 g/mol. The van der Waals surface area contributed by atoms with Gasteiger partial charge in [-0.2, -0.15) is 0 Å². The minimum atomic E-state index is -0.552. The fraction of sp³-hybridized carbons (Fsp3) is 0.120. The fourth-order valence-electron chi connectivity index (χ4n) is 4.04. The van der Waals surface area contributed by atoms with E-state index in [1.807, 2.05) is 74.5 Å². The second-order valence-corrected chi connectivity index (χ2v) is 8.56. The number of nitrogens with zero attached hydrogens (tertiary/aromatic N) is 1. The lowest BCUT2D eigenvalue weighted by atomic mass is 9.97. The molecule has 0 bridgehead atoms. The Morgan fingerprint density at radius 2 is 1.63 bits per heavy atom. The molecule has 1 atom stereocenters. The molecule has 5 rings (SSSR count). The highest BCUT2D eigenvalue weighted by Crippen LogP contribution is 2.41. The van der Waals surface area contributed by atoms with Gasteiger partial charge in [-0.25, -0.2) is 0 Å². The Morgan fingerprint density at radius 1 is 0.900 bits per heavy atom. The molecule has 30 heavy (non-hydrogen) atoms. The van der Waals surface area contributed by atoms with Gasteiger partial charge in [0.1, 0.15) is 5.58 Å². The third kappa shape index (κ3) is 2.89. The summed E-state index contributed by atoms with van der Waals surface area (Å²) < 4.78 is 6.86. The molecule has 1 aliphatic rings. The van der Waals surface area contributed by atoms with Gasteiger partial charge in [0, 0.05) is 10.2 Å². The average Bonchev–Trinajstić information content (AvgIpc) is 3.02. The Morgan fingerprint density at radius 3 is 2.37 bits per heavy atom. The normalized spacial score (nSPS) is 15.6. The van der Waals surface area contributed by atoms with Crippen molar-refractivity contribution in [2.75, 3.05) is 4.90 Å². The highest BCUT2D eigenvalue weighted by Gasteiger charge is 2.43. The van der Waals surface area contributed by atoms with E-state index >= 15 is 0 Å². The lowest BCUT2D eigenvalue weighted by Crippen LogP contribution is -2.29. The zero-order chi connectivity index (χ0) is 21.0. The highest BCUT2D eigenvalue weighted by atomic mass is 79.9. The minimum absolute atomic E-state index is 0.113. The van der Waals surface area contributed by atoms with E-state index in [1.54, 1.807) is 11.0 Å². The first-order chi connectivity index (χ1) is 14.4. The van der Waals surface area contributed by atoms with Gasteiger partial charge in [-0.15, -0.1) is 0 Å². The lowest BCUT2D eigenvalue weighted by Gasteiger charge is -2.25. The van der Waals surface area contributed by atoms with Crippen LogP contribution < -0.4 is 10.3 Å². The Balaban J connectivity index is 1.83. The maximum atomic E-state index is 13.6. The second-order valence-electron chi connectivity index (χ2n) is 7.64. The molecule has 3 aromatic carbocycles. The van der Waals surface area contributed by atoms with Crippen LogP contribution in [0.2, 0.25) is 0 Å². The van der Waals surface area contributed by atoms with E-state index in [0.29, 0.717) is 22.2 Å². The number of carbonyl (C=O) groups is 1. The molecule has 0 fully saturated rings. The molecule has 2 heterocycles. The first-order valence-corrected chi connectivity index (χ1v) is 10.5. The molecule has 0 spiro atoms. The molecule has 0 saturated carbocycles. The third-order valence-electron chi connectivity index (χ3n) is 5.51. The molecule has 1 aromatic heterocycles. The molecule has 0 saturated heterocycles. The molecule has 0 aliphatic carbocycles. The van der Waals surface area contributed by atoms with Crippen LogP contribution in [0.5, 0.6) is 0 Å².